The van der Waals surface area contributed by atoms with Crippen LogP contribution in [0.3, 0.4) is 0 Å². The molecule has 0 amide bonds. The lowest BCUT2D eigenvalue weighted by Gasteiger charge is -2.29. The van der Waals surface area contributed by atoms with Crippen LogP contribution < -0.4 is 0 Å². The molecule has 43 heavy (non-hydrogen) atoms. The minimum atomic E-state index is 0.779. The van der Waals surface area contributed by atoms with Gasteiger partial charge in [-0.2, -0.15) is 0 Å². The third kappa shape index (κ3) is 11.7. The first kappa shape index (κ1) is 34.3. The molecule has 0 heterocycles. The summed E-state index contributed by atoms with van der Waals surface area (Å²) >= 11 is 0. The largest absolute Gasteiger partial charge is 0.0654 e. The highest BCUT2D eigenvalue weighted by molar-refractivity contribution is 5.68. The highest BCUT2D eigenvalue weighted by Crippen LogP contribution is 2.40. The molecule has 2 fully saturated rings. The highest BCUT2D eigenvalue weighted by atomic mass is 14.3. The number of aryl methyl sites for hydroxylation is 1. The van der Waals surface area contributed by atoms with Gasteiger partial charge in [-0.3, -0.25) is 0 Å². The Morgan fingerprint density at radius 1 is 0.465 bits per heavy atom. The van der Waals surface area contributed by atoms with Gasteiger partial charge in [0.15, 0.2) is 0 Å². The van der Waals surface area contributed by atoms with E-state index in [1.54, 1.807) is 11.1 Å². The van der Waals surface area contributed by atoms with Crippen molar-refractivity contribution in [3.63, 3.8) is 0 Å². The van der Waals surface area contributed by atoms with Crippen LogP contribution in [0, 0.1) is 18.8 Å². The second-order valence-corrected chi connectivity index (χ2v) is 15.0. The Bertz CT molecular complexity index is 983. The van der Waals surface area contributed by atoms with Crippen molar-refractivity contribution in [3.05, 3.63) is 59.2 Å². The molecule has 0 saturated heterocycles. The summed E-state index contributed by atoms with van der Waals surface area (Å²) in [6, 6.07) is 17.2. The number of hydrogen-bond acceptors (Lipinski definition) is 0. The maximum absolute atomic E-state index is 2.52. The molecule has 2 aromatic rings. The molecule has 0 aliphatic heterocycles. The second-order valence-electron chi connectivity index (χ2n) is 15.0. The van der Waals surface area contributed by atoms with Crippen molar-refractivity contribution in [3.8, 4) is 11.1 Å². The summed E-state index contributed by atoms with van der Waals surface area (Å²) in [6.45, 7) is 6.96. The molecule has 0 nitrogen and oxygen atoms in total. The van der Waals surface area contributed by atoms with Crippen molar-refractivity contribution in [2.24, 2.45) is 11.8 Å². The van der Waals surface area contributed by atoms with E-state index < -0.39 is 0 Å². The first-order valence-electron chi connectivity index (χ1n) is 19.4. The van der Waals surface area contributed by atoms with Crippen molar-refractivity contribution in [1.29, 1.82) is 0 Å². The highest BCUT2D eigenvalue weighted by Gasteiger charge is 2.24. The van der Waals surface area contributed by atoms with E-state index in [1.165, 1.54) is 171 Å². The van der Waals surface area contributed by atoms with Crippen molar-refractivity contribution < 1.29 is 0 Å². The van der Waals surface area contributed by atoms with E-state index >= 15 is 0 Å². The Kier molecular flexibility index (Phi) is 15.8. The normalized spacial score (nSPS) is 22.6. The Balaban J connectivity index is 1.16. The lowest BCUT2D eigenvalue weighted by atomic mass is 9.76. The summed E-state index contributed by atoms with van der Waals surface area (Å²) in [5.74, 6) is 3.54. The van der Waals surface area contributed by atoms with Crippen molar-refractivity contribution in [1.82, 2.24) is 0 Å². The van der Waals surface area contributed by atoms with Crippen molar-refractivity contribution in [2.75, 3.05) is 0 Å². The summed E-state index contributed by atoms with van der Waals surface area (Å²) < 4.78 is 0. The Morgan fingerprint density at radius 2 is 0.884 bits per heavy atom. The minimum Gasteiger partial charge on any atom is -0.0654 e. The monoisotopic (exact) mass is 585 g/mol. The SMILES string of the molecule is CCCCCCCCCC1CCC(c2ccc(-c3ccc(C4CCC(CCCCCCCCC)CC4)cc3C)cc2)CC1. The number of unbranched alkanes of at least 4 members (excludes halogenated alkanes) is 12. The molecule has 0 radical (unpaired) electrons. The Hall–Kier alpha value is -1.56. The molecule has 0 heteroatoms. The lowest BCUT2D eigenvalue weighted by molar-refractivity contribution is 0.301. The van der Waals surface area contributed by atoms with E-state index in [2.05, 4.69) is 63.2 Å². The average Bonchev–Trinajstić information content (AvgIpc) is 3.04. The summed E-state index contributed by atoms with van der Waals surface area (Å²) in [7, 11) is 0. The van der Waals surface area contributed by atoms with Crippen molar-refractivity contribution in [2.45, 2.75) is 187 Å². The van der Waals surface area contributed by atoms with Gasteiger partial charge in [0, 0.05) is 0 Å². The van der Waals surface area contributed by atoms with Gasteiger partial charge in [0.2, 0.25) is 0 Å². The van der Waals surface area contributed by atoms with Gasteiger partial charge in [0.05, 0.1) is 0 Å². The zero-order valence-corrected chi connectivity index (χ0v) is 28.8. The minimum absolute atomic E-state index is 0.779. The molecule has 2 saturated carbocycles. The maximum Gasteiger partial charge on any atom is -0.0155 e. The van der Waals surface area contributed by atoms with Gasteiger partial charge < -0.3 is 0 Å². The number of rotatable bonds is 19. The molecule has 2 aliphatic carbocycles. The zero-order valence-electron chi connectivity index (χ0n) is 28.8. The molecular weight excluding hydrogens is 516 g/mol. The molecule has 0 atom stereocenters. The summed E-state index contributed by atoms with van der Waals surface area (Å²) in [5, 5.41) is 0. The Morgan fingerprint density at radius 3 is 1.35 bits per heavy atom. The van der Waals surface area contributed by atoms with Crippen LogP contribution in [0.1, 0.15) is 196 Å². The van der Waals surface area contributed by atoms with Crippen LogP contribution in [-0.4, -0.2) is 0 Å². The molecule has 240 valence electrons. The second kappa shape index (κ2) is 19.7. The van der Waals surface area contributed by atoms with E-state index in [9.17, 15) is 0 Å². The molecule has 0 aromatic heterocycles. The van der Waals surface area contributed by atoms with Crippen LogP contribution in [0.4, 0.5) is 0 Å². The van der Waals surface area contributed by atoms with Gasteiger partial charge >= 0.3 is 0 Å². The summed E-state index contributed by atoms with van der Waals surface area (Å²) in [5.41, 5.74) is 7.47. The quantitative estimate of drug-likeness (QED) is 0.144. The summed E-state index contributed by atoms with van der Waals surface area (Å²) in [6.07, 6.45) is 34.5. The average molecular weight is 585 g/mol. The lowest BCUT2D eigenvalue weighted by Crippen LogP contribution is -2.13. The molecule has 0 N–H and O–H groups in total. The predicted molar refractivity (Wildman–Crippen MR) is 191 cm³/mol. The molecule has 0 bridgehead atoms. The maximum atomic E-state index is 2.52. The van der Waals surface area contributed by atoms with Crippen LogP contribution in [-0.2, 0) is 0 Å². The van der Waals surface area contributed by atoms with Gasteiger partial charge in [-0.15, -0.1) is 0 Å². The van der Waals surface area contributed by atoms with Gasteiger partial charge in [0.1, 0.15) is 0 Å². The fraction of sp³-hybridized carbons (Fsp3) is 0.721. The topological polar surface area (TPSA) is 0 Å². The molecule has 0 unspecified atom stereocenters. The van der Waals surface area contributed by atoms with Crippen molar-refractivity contribution >= 4 is 0 Å². The predicted octanol–water partition coefficient (Wildman–Crippen LogP) is 14.5. The van der Waals surface area contributed by atoms with Gasteiger partial charge in [0.25, 0.3) is 0 Å². The van der Waals surface area contributed by atoms with Crippen LogP contribution in [0.25, 0.3) is 11.1 Å². The first-order valence-corrected chi connectivity index (χ1v) is 19.4. The third-order valence-corrected chi connectivity index (χ3v) is 11.5. The molecule has 2 aliphatic rings. The fourth-order valence-electron chi connectivity index (χ4n) is 8.55. The van der Waals surface area contributed by atoms with Crippen LogP contribution in [0.2, 0.25) is 0 Å². The van der Waals surface area contributed by atoms with Crippen LogP contribution in [0.15, 0.2) is 42.5 Å². The van der Waals surface area contributed by atoms with Gasteiger partial charge in [-0.05, 0) is 110 Å². The standard InChI is InChI=1S/C43H68/c1-4-6-8-10-12-14-16-18-36-20-24-38(25-21-36)39-28-30-41(31-29-39)43-33-32-42(34-35(43)3)40-26-22-37(23-27-40)19-17-15-13-11-9-7-5-2/h28-34,36-38,40H,4-27H2,1-3H3. The zero-order chi connectivity index (χ0) is 30.1. The van der Waals surface area contributed by atoms with Gasteiger partial charge in [-0.25, -0.2) is 0 Å². The van der Waals surface area contributed by atoms with E-state index in [4.69, 9.17) is 0 Å². The van der Waals surface area contributed by atoms with E-state index in [0.29, 0.717) is 0 Å². The first-order chi connectivity index (χ1) is 21.2. The number of benzene rings is 2. The van der Waals surface area contributed by atoms with E-state index in [-0.39, 0.29) is 0 Å². The smallest absolute Gasteiger partial charge is 0.0155 e. The van der Waals surface area contributed by atoms with E-state index in [0.717, 1.165) is 23.7 Å². The fourth-order valence-corrected chi connectivity index (χ4v) is 8.55. The molecular formula is C43H68. The molecule has 4 rings (SSSR count). The van der Waals surface area contributed by atoms with Crippen LogP contribution >= 0.6 is 0 Å². The molecule has 0 spiro atoms. The van der Waals surface area contributed by atoms with E-state index in [1.807, 2.05) is 0 Å². The molecule has 2 aromatic carbocycles. The van der Waals surface area contributed by atoms with Crippen LogP contribution in [0.5, 0.6) is 0 Å². The van der Waals surface area contributed by atoms with Gasteiger partial charge in [-0.1, -0.05) is 159 Å². The Labute approximate surface area is 268 Å². The summed E-state index contributed by atoms with van der Waals surface area (Å²) in [4.78, 5) is 0. The third-order valence-electron chi connectivity index (χ3n) is 11.5. The number of hydrogen-bond donors (Lipinski definition) is 0.